The fourth-order valence-electron chi connectivity index (χ4n) is 2.37. The molecule has 5 heteroatoms. The Balaban J connectivity index is 0.00000162. The van der Waals surface area contributed by atoms with Crippen LogP contribution < -0.4 is 5.32 Å². The third-order valence-electron chi connectivity index (χ3n) is 3.25. The van der Waals surface area contributed by atoms with Gasteiger partial charge < -0.3 is 5.32 Å². The van der Waals surface area contributed by atoms with Crippen molar-refractivity contribution < 1.29 is 4.39 Å². The van der Waals surface area contributed by atoms with Crippen LogP contribution in [0.1, 0.15) is 18.0 Å². The highest BCUT2D eigenvalue weighted by molar-refractivity contribution is 5.85. The summed E-state index contributed by atoms with van der Waals surface area (Å²) >= 11 is 0. The maximum Gasteiger partial charge on any atom is 0.127 e. The number of halogens is 3. The van der Waals surface area contributed by atoms with Crippen LogP contribution in [0.4, 0.5) is 4.39 Å². The van der Waals surface area contributed by atoms with Crippen LogP contribution in [-0.4, -0.2) is 31.1 Å². The number of nitrogens with zero attached hydrogens (tertiary/aromatic N) is 1. The van der Waals surface area contributed by atoms with Gasteiger partial charge in [0.15, 0.2) is 0 Å². The summed E-state index contributed by atoms with van der Waals surface area (Å²) in [5, 5.41) is 3.32. The first-order chi connectivity index (χ1) is 8.33. The van der Waals surface area contributed by atoms with Gasteiger partial charge in [0.25, 0.3) is 0 Å². The molecule has 2 rings (SSSR count). The van der Waals surface area contributed by atoms with Gasteiger partial charge in [0.1, 0.15) is 5.82 Å². The zero-order valence-corrected chi connectivity index (χ0v) is 12.5. The Labute approximate surface area is 126 Å². The minimum atomic E-state index is -0.113. The molecule has 19 heavy (non-hydrogen) atoms. The molecule has 0 saturated carbocycles. The predicted octanol–water partition coefficient (Wildman–Crippen LogP) is 3.19. The summed E-state index contributed by atoms with van der Waals surface area (Å²) in [5.41, 5.74) is 0.786. The molecule has 0 bridgehead atoms. The topological polar surface area (TPSA) is 15.3 Å². The first-order valence-corrected chi connectivity index (χ1v) is 6.13. The predicted molar refractivity (Wildman–Crippen MR) is 82.9 cm³/mol. The SMILES string of the molecule is C=CC[C@H](c1ccccc1F)N1CCNCC1.Cl.Cl. The molecule has 1 aliphatic rings. The molecule has 1 fully saturated rings. The molecule has 1 aromatic carbocycles. The minimum Gasteiger partial charge on any atom is -0.314 e. The summed E-state index contributed by atoms with van der Waals surface area (Å²) in [6.45, 7) is 7.66. The molecule has 1 aliphatic heterocycles. The first-order valence-electron chi connectivity index (χ1n) is 6.13. The monoisotopic (exact) mass is 306 g/mol. The van der Waals surface area contributed by atoms with Crippen LogP contribution in [0.15, 0.2) is 36.9 Å². The number of nitrogens with one attached hydrogen (secondary N) is 1. The van der Waals surface area contributed by atoms with Crippen molar-refractivity contribution in [1.82, 2.24) is 10.2 Å². The van der Waals surface area contributed by atoms with Gasteiger partial charge in [0, 0.05) is 37.8 Å². The Morgan fingerprint density at radius 1 is 1.26 bits per heavy atom. The molecular weight excluding hydrogens is 286 g/mol. The lowest BCUT2D eigenvalue weighted by Gasteiger charge is -2.34. The average Bonchev–Trinajstić information content (AvgIpc) is 2.38. The van der Waals surface area contributed by atoms with Crippen LogP contribution in [0.2, 0.25) is 0 Å². The molecule has 1 N–H and O–H groups in total. The van der Waals surface area contributed by atoms with Crippen molar-refractivity contribution in [1.29, 1.82) is 0 Å². The highest BCUT2D eigenvalue weighted by Crippen LogP contribution is 2.26. The number of hydrogen-bond donors (Lipinski definition) is 1. The minimum absolute atomic E-state index is 0. The number of rotatable bonds is 4. The normalized spacial score (nSPS) is 16.9. The second-order valence-electron chi connectivity index (χ2n) is 4.35. The fraction of sp³-hybridized carbons (Fsp3) is 0.429. The fourth-order valence-corrected chi connectivity index (χ4v) is 2.37. The summed E-state index contributed by atoms with van der Waals surface area (Å²) < 4.78 is 13.8. The van der Waals surface area contributed by atoms with Crippen molar-refractivity contribution in [3.05, 3.63) is 48.3 Å². The molecule has 1 saturated heterocycles. The van der Waals surface area contributed by atoms with Crippen LogP contribution in [-0.2, 0) is 0 Å². The molecule has 0 amide bonds. The third kappa shape index (κ3) is 4.77. The Kier molecular flexibility index (Phi) is 9.02. The van der Waals surface area contributed by atoms with Gasteiger partial charge in [0.2, 0.25) is 0 Å². The third-order valence-corrected chi connectivity index (χ3v) is 3.25. The number of piperazine rings is 1. The summed E-state index contributed by atoms with van der Waals surface area (Å²) in [5.74, 6) is -0.113. The van der Waals surface area contributed by atoms with Crippen molar-refractivity contribution in [3.8, 4) is 0 Å². The Morgan fingerprint density at radius 3 is 2.47 bits per heavy atom. The summed E-state index contributed by atoms with van der Waals surface area (Å²) in [6.07, 6.45) is 2.67. The maximum atomic E-state index is 13.8. The second kappa shape index (κ2) is 9.32. The Bertz CT molecular complexity index is 381. The van der Waals surface area contributed by atoms with Crippen LogP contribution >= 0.6 is 24.8 Å². The average molecular weight is 307 g/mol. The zero-order valence-electron chi connectivity index (χ0n) is 10.8. The summed E-state index contributed by atoms with van der Waals surface area (Å²) in [4.78, 5) is 2.33. The van der Waals surface area contributed by atoms with E-state index in [0.29, 0.717) is 0 Å². The van der Waals surface area contributed by atoms with E-state index >= 15 is 0 Å². The van der Waals surface area contributed by atoms with E-state index in [1.807, 2.05) is 18.2 Å². The van der Waals surface area contributed by atoms with Crippen molar-refractivity contribution in [2.75, 3.05) is 26.2 Å². The van der Waals surface area contributed by atoms with E-state index in [4.69, 9.17) is 0 Å². The molecule has 108 valence electrons. The number of benzene rings is 1. The van der Waals surface area contributed by atoms with Gasteiger partial charge in [-0.2, -0.15) is 0 Å². The second-order valence-corrected chi connectivity index (χ2v) is 4.35. The molecule has 1 heterocycles. The largest absolute Gasteiger partial charge is 0.314 e. The van der Waals surface area contributed by atoms with Gasteiger partial charge in [-0.1, -0.05) is 24.3 Å². The van der Waals surface area contributed by atoms with Gasteiger partial charge in [-0.15, -0.1) is 31.4 Å². The molecule has 1 aromatic rings. The van der Waals surface area contributed by atoms with Crippen LogP contribution in [0.3, 0.4) is 0 Å². The quantitative estimate of drug-likeness (QED) is 0.860. The van der Waals surface area contributed by atoms with Crippen LogP contribution in [0.25, 0.3) is 0 Å². The Morgan fingerprint density at radius 2 is 1.89 bits per heavy atom. The molecule has 0 spiro atoms. The highest BCUT2D eigenvalue weighted by atomic mass is 35.5. The van der Waals surface area contributed by atoms with E-state index in [0.717, 1.165) is 38.2 Å². The number of hydrogen-bond acceptors (Lipinski definition) is 2. The highest BCUT2D eigenvalue weighted by Gasteiger charge is 2.22. The van der Waals surface area contributed by atoms with Crippen molar-refractivity contribution >= 4 is 24.8 Å². The van der Waals surface area contributed by atoms with Crippen LogP contribution in [0, 0.1) is 5.82 Å². The lowest BCUT2D eigenvalue weighted by atomic mass is 10.0. The van der Waals surface area contributed by atoms with Crippen LogP contribution in [0.5, 0.6) is 0 Å². The maximum absolute atomic E-state index is 13.8. The smallest absolute Gasteiger partial charge is 0.127 e. The molecule has 0 unspecified atom stereocenters. The molecular formula is C14H21Cl2FN2. The molecule has 1 atom stereocenters. The molecule has 0 aromatic heterocycles. The molecule has 0 radical (unpaired) electrons. The Hall–Kier alpha value is -0.610. The van der Waals surface area contributed by atoms with E-state index in [1.165, 1.54) is 6.07 Å². The van der Waals surface area contributed by atoms with Gasteiger partial charge >= 0.3 is 0 Å². The zero-order chi connectivity index (χ0) is 12.1. The molecule has 0 aliphatic carbocycles. The summed E-state index contributed by atoms with van der Waals surface area (Å²) in [7, 11) is 0. The van der Waals surface area contributed by atoms with Gasteiger partial charge in [-0.25, -0.2) is 4.39 Å². The van der Waals surface area contributed by atoms with E-state index in [2.05, 4.69) is 16.8 Å². The van der Waals surface area contributed by atoms with E-state index in [1.54, 1.807) is 6.07 Å². The summed E-state index contributed by atoms with van der Waals surface area (Å²) in [6, 6.07) is 7.17. The lowest BCUT2D eigenvalue weighted by Crippen LogP contribution is -2.45. The van der Waals surface area contributed by atoms with Crippen molar-refractivity contribution in [3.63, 3.8) is 0 Å². The molecule has 2 nitrogen and oxygen atoms in total. The van der Waals surface area contributed by atoms with Crippen molar-refractivity contribution in [2.24, 2.45) is 0 Å². The van der Waals surface area contributed by atoms with Gasteiger partial charge in [0.05, 0.1) is 0 Å². The van der Waals surface area contributed by atoms with E-state index in [-0.39, 0.29) is 36.7 Å². The van der Waals surface area contributed by atoms with Gasteiger partial charge in [-0.3, -0.25) is 4.90 Å². The van der Waals surface area contributed by atoms with Crippen molar-refractivity contribution in [2.45, 2.75) is 12.5 Å². The van der Waals surface area contributed by atoms with E-state index < -0.39 is 0 Å². The first kappa shape index (κ1) is 18.4. The standard InChI is InChI=1S/C14H19FN2.2ClH/c1-2-5-14(17-10-8-16-9-11-17)12-6-3-4-7-13(12)15;;/h2-4,6-7,14,16H,1,5,8-11H2;2*1H/t14-;;/m1../s1. The lowest BCUT2D eigenvalue weighted by molar-refractivity contribution is 0.171. The van der Waals surface area contributed by atoms with E-state index in [9.17, 15) is 4.39 Å². The van der Waals surface area contributed by atoms with Gasteiger partial charge in [-0.05, 0) is 12.5 Å².